The number of carboxylic acid groups (broad SMARTS) is 1. The Morgan fingerprint density at radius 2 is 1.07 bits per heavy atom. The lowest BCUT2D eigenvalue weighted by atomic mass is 10.1. The molecule has 0 bridgehead atoms. The molecule has 1 saturated heterocycles. The van der Waals surface area contributed by atoms with Crippen molar-refractivity contribution in [3.8, 4) is 0 Å². The molecule has 19 heteroatoms. The third-order valence-corrected chi connectivity index (χ3v) is 10.2. The fourth-order valence-electron chi connectivity index (χ4n) is 5.36. The minimum atomic E-state index is -3.74. The molecule has 55 heavy (non-hydrogen) atoms. The number of aromatic nitrogens is 4. The standard InChI is InChI=1S/C20H22N6O3S.C15H12N4O4S.CH4/c1-25-8-10-26(11-9-25)19(27)14-2-7-18-15(12-14)13-22-20(24-18)23-16-3-5-17(6-4-16)30(21,28)29;16-24(22,23)12-4-2-11(3-5-12)18-15-17-8-10-7-9(14(20)21)1-6-13(10)19-15;/h2-7,12-13H,8-11H2,1H3,(H2,21,28,29)(H,22,23,24);1-8H,(H,20,21)(H2,16,22,23)(H,17,18,19);1H4. The van der Waals surface area contributed by atoms with E-state index in [2.05, 4.69) is 42.5 Å². The van der Waals surface area contributed by atoms with Crippen LogP contribution in [0.1, 0.15) is 28.1 Å². The first kappa shape index (κ1) is 40.1. The van der Waals surface area contributed by atoms with Crippen molar-refractivity contribution in [1.82, 2.24) is 29.7 Å². The van der Waals surface area contributed by atoms with Gasteiger partial charge in [-0.05, 0) is 92.0 Å². The summed E-state index contributed by atoms with van der Waals surface area (Å²) in [6.45, 7) is 3.18. The Morgan fingerprint density at radius 3 is 1.49 bits per heavy atom. The lowest BCUT2D eigenvalue weighted by molar-refractivity contribution is 0.0662. The summed E-state index contributed by atoms with van der Waals surface area (Å²) in [4.78, 5) is 45.0. The van der Waals surface area contributed by atoms with E-state index in [4.69, 9.17) is 15.4 Å². The summed E-state index contributed by atoms with van der Waals surface area (Å²) in [5.74, 6) is -0.339. The number of fused-ring (bicyclic) bond motifs is 2. The molecule has 1 aliphatic heterocycles. The Labute approximate surface area is 317 Å². The average molecular weight is 787 g/mol. The van der Waals surface area contributed by atoms with Crippen LogP contribution in [0.25, 0.3) is 21.8 Å². The fourth-order valence-corrected chi connectivity index (χ4v) is 6.39. The molecule has 0 unspecified atom stereocenters. The molecular weight excluding hydrogens is 749 g/mol. The van der Waals surface area contributed by atoms with Gasteiger partial charge in [-0.1, -0.05) is 7.43 Å². The van der Waals surface area contributed by atoms with Gasteiger partial charge in [0.1, 0.15) is 0 Å². The third kappa shape index (κ3) is 10.1. The number of benzene rings is 4. The van der Waals surface area contributed by atoms with Gasteiger partial charge >= 0.3 is 5.97 Å². The summed E-state index contributed by atoms with van der Waals surface area (Å²) >= 11 is 0. The number of carbonyl (C=O) groups is 2. The maximum Gasteiger partial charge on any atom is 0.335 e. The number of primary sulfonamides is 2. The van der Waals surface area contributed by atoms with E-state index in [-0.39, 0.29) is 28.7 Å². The van der Waals surface area contributed by atoms with Crippen LogP contribution in [-0.4, -0.2) is 96.8 Å². The van der Waals surface area contributed by atoms with E-state index in [1.165, 1.54) is 42.6 Å². The summed E-state index contributed by atoms with van der Waals surface area (Å²) in [6.07, 6.45) is 3.17. The van der Waals surface area contributed by atoms with Crippen molar-refractivity contribution < 1.29 is 31.5 Å². The topological polar surface area (TPSA) is 257 Å². The van der Waals surface area contributed by atoms with Crippen LogP contribution in [0.3, 0.4) is 0 Å². The summed E-state index contributed by atoms with van der Waals surface area (Å²) in [5.41, 5.74) is 3.27. The zero-order chi connectivity index (χ0) is 38.6. The first-order chi connectivity index (χ1) is 25.6. The van der Waals surface area contributed by atoms with Crippen LogP contribution < -0.4 is 20.9 Å². The normalized spacial score (nSPS) is 13.3. The van der Waals surface area contributed by atoms with Crippen LogP contribution in [0.5, 0.6) is 0 Å². The van der Waals surface area contributed by atoms with E-state index >= 15 is 0 Å². The number of carboxylic acids is 1. The number of sulfonamides is 2. The molecule has 1 amide bonds. The SMILES string of the molecule is C.CN1CCN(C(=O)c2ccc3nc(Nc4ccc(S(N)(=O)=O)cc4)ncc3c2)CC1.NS(=O)(=O)c1ccc(Nc2ncc3cc(C(=O)O)ccc3n2)cc1. The first-order valence-corrected chi connectivity index (χ1v) is 19.3. The van der Waals surface area contributed by atoms with Crippen molar-refractivity contribution >= 4 is 77.0 Å². The molecule has 0 atom stereocenters. The lowest BCUT2D eigenvalue weighted by Gasteiger charge is -2.32. The number of piperazine rings is 1. The average Bonchev–Trinajstić information content (AvgIpc) is 3.14. The van der Waals surface area contributed by atoms with Gasteiger partial charge in [0.15, 0.2) is 0 Å². The van der Waals surface area contributed by atoms with Crippen molar-refractivity contribution in [3.05, 3.63) is 108 Å². The zero-order valence-electron chi connectivity index (χ0n) is 28.6. The highest BCUT2D eigenvalue weighted by molar-refractivity contribution is 7.89. The van der Waals surface area contributed by atoms with Gasteiger partial charge in [0, 0.05) is 66.3 Å². The molecule has 7 N–H and O–H groups in total. The third-order valence-electron chi connectivity index (χ3n) is 8.32. The minimum Gasteiger partial charge on any atom is -0.478 e. The van der Waals surface area contributed by atoms with Crippen molar-refractivity contribution in [2.45, 2.75) is 17.2 Å². The number of hydrogen-bond donors (Lipinski definition) is 5. The molecule has 17 nitrogen and oxygen atoms in total. The van der Waals surface area contributed by atoms with Gasteiger partial charge in [0.05, 0.1) is 26.4 Å². The lowest BCUT2D eigenvalue weighted by Crippen LogP contribution is -2.47. The smallest absolute Gasteiger partial charge is 0.335 e. The fraction of sp³-hybridized carbons (Fsp3) is 0.167. The Balaban J connectivity index is 0.000000212. The van der Waals surface area contributed by atoms with E-state index in [0.29, 0.717) is 45.3 Å². The molecule has 0 saturated carbocycles. The number of carbonyl (C=O) groups excluding carboxylic acids is 1. The summed E-state index contributed by atoms with van der Waals surface area (Å²) < 4.78 is 45.1. The summed E-state index contributed by atoms with van der Waals surface area (Å²) in [6, 6.07) is 21.8. The largest absolute Gasteiger partial charge is 0.478 e. The van der Waals surface area contributed by atoms with Crippen LogP contribution in [-0.2, 0) is 20.0 Å². The van der Waals surface area contributed by atoms with Crippen molar-refractivity contribution in [3.63, 3.8) is 0 Å². The molecule has 7 rings (SSSR count). The monoisotopic (exact) mass is 786 g/mol. The molecular formula is C36H38N10O7S2. The highest BCUT2D eigenvalue weighted by Crippen LogP contribution is 2.22. The zero-order valence-corrected chi connectivity index (χ0v) is 30.3. The van der Waals surface area contributed by atoms with Crippen molar-refractivity contribution in [1.29, 1.82) is 0 Å². The van der Waals surface area contributed by atoms with Crippen LogP contribution in [0, 0.1) is 0 Å². The number of anilines is 4. The number of hydrogen-bond acceptors (Lipinski definition) is 13. The highest BCUT2D eigenvalue weighted by atomic mass is 32.2. The van der Waals surface area contributed by atoms with E-state index < -0.39 is 26.0 Å². The number of nitrogens with zero attached hydrogens (tertiary/aromatic N) is 6. The van der Waals surface area contributed by atoms with E-state index in [1.807, 2.05) is 4.90 Å². The van der Waals surface area contributed by atoms with Gasteiger partial charge < -0.3 is 25.5 Å². The van der Waals surface area contributed by atoms with Gasteiger partial charge in [-0.25, -0.2) is 51.8 Å². The molecule has 2 aromatic heterocycles. The van der Waals surface area contributed by atoms with Gasteiger partial charge in [0.25, 0.3) is 5.91 Å². The van der Waals surface area contributed by atoms with Crippen LogP contribution in [0.15, 0.2) is 107 Å². The molecule has 1 fully saturated rings. The number of rotatable bonds is 8. The van der Waals surface area contributed by atoms with E-state index in [0.717, 1.165) is 31.6 Å². The maximum atomic E-state index is 12.8. The second-order valence-corrected chi connectivity index (χ2v) is 15.3. The Kier molecular flexibility index (Phi) is 12.0. The Hall–Kier alpha value is -6.12. The van der Waals surface area contributed by atoms with Crippen molar-refractivity contribution in [2.24, 2.45) is 10.3 Å². The van der Waals surface area contributed by atoms with Crippen LogP contribution in [0.4, 0.5) is 23.3 Å². The Morgan fingerprint density at radius 1 is 0.655 bits per heavy atom. The molecule has 0 radical (unpaired) electrons. The van der Waals surface area contributed by atoms with Crippen molar-refractivity contribution in [2.75, 3.05) is 43.9 Å². The van der Waals surface area contributed by atoms with E-state index in [9.17, 15) is 26.4 Å². The molecule has 0 spiro atoms. The number of likely N-dealkylation sites (N-methyl/N-ethyl adjacent to an activating group) is 1. The second-order valence-electron chi connectivity index (χ2n) is 12.2. The molecule has 286 valence electrons. The second kappa shape index (κ2) is 16.5. The molecule has 1 aliphatic rings. The summed E-state index contributed by atoms with van der Waals surface area (Å²) in [5, 5.41) is 26.5. The minimum absolute atomic E-state index is 0. The number of aromatic carboxylic acids is 1. The predicted molar refractivity (Wildman–Crippen MR) is 208 cm³/mol. The van der Waals surface area contributed by atoms with Crippen LogP contribution in [0.2, 0.25) is 0 Å². The molecule has 4 aromatic carbocycles. The molecule has 3 heterocycles. The van der Waals surface area contributed by atoms with Gasteiger partial charge in [-0.3, -0.25) is 4.79 Å². The molecule has 6 aromatic rings. The maximum absolute atomic E-state index is 12.8. The highest BCUT2D eigenvalue weighted by Gasteiger charge is 2.21. The number of nitrogens with one attached hydrogen (secondary N) is 2. The number of nitrogens with two attached hydrogens (primary N) is 2. The molecule has 0 aliphatic carbocycles. The quantitative estimate of drug-likeness (QED) is 0.147. The van der Waals surface area contributed by atoms with E-state index in [1.54, 1.807) is 54.7 Å². The number of amides is 1. The summed E-state index contributed by atoms with van der Waals surface area (Å²) in [7, 11) is -5.42. The Bertz CT molecular complexity index is 2580. The first-order valence-electron chi connectivity index (χ1n) is 16.2. The van der Waals surface area contributed by atoms with Gasteiger partial charge in [-0.2, -0.15) is 0 Å². The van der Waals surface area contributed by atoms with Crippen LogP contribution >= 0.6 is 0 Å². The van der Waals surface area contributed by atoms with Gasteiger partial charge in [0.2, 0.25) is 31.9 Å². The predicted octanol–water partition coefficient (Wildman–Crippen LogP) is 3.76. The van der Waals surface area contributed by atoms with Gasteiger partial charge in [-0.15, -0.1) is 0 Å².